The first-order chi connectivity index (χ1) is 21.4. The van der Waals surface area contributed by atoms with Gasteiger partial charge < -0.3 is 14.5 Å². The number of para-hydroxylation sites is 1. The smallest absolute Gasteiger partial charge is 0.251 e. The van der Waals surface area contributed by atoms with Crippen molar-refractivity contribution in [2.45, 2.75) is 74.6 Å². The molecule has 4 aromatic rings. The summed E-state index contributed by atoms with van der Waals surface area (Å²) in [4.78, 5) is 29.5. The van der Waals surface area contributed by atoms with E-state index in [-0.39, 0.29) is 41.8 Å². The van der Waals surface area contributed by atoms with Gasteiger partial charge in [0.2, 0.25) is 15.9 Å². The minimum absolute atomic E-state index is 0.00707. The van der Waals surface area contributed by atoms with Crippen LogP contribution in [0.25, 0.3) is 11.0 Å². The molecule has 2 atom stereocenters. The molecule has 2 aromatic carbocycles. The van der Waals surface area contributed by atoms with Gasteiger partial charge in [0, 0.05) is 24.9 Å². The van der Waals surface area contributed by atoms with Crippen molar-refractivity contribution in [3.05, 3.63) is 72.7 Å². The van der Waals surface area contributed by atoms with Gasteiger partial charge in [-0.15, -0.1) is 5.10 Å². The number of fused-ring (bicyclic) bond motifs is 1. The molecule has 12 nitrogen and oxygen atoms in total. The second-order valence-corrected chi connectivity index (χ2v) is 13.0. The highest BCUT2D eigenvalue weighted by Crippen LogP contribution is 2.31. The van der Waals surface area contributed by atoms with Crippen LogP contribution >= 0.6 is 0 Å². The summed E-state index contributed by atoms with van der Waals surface area (Å²) in [5, 5.41) is 11.5. The number of amides is 2. The van der Waals surface area contributed by atoms with E-state index in [1.807, 2.05) is 18.2 Å². The lowest BCUT2D eigenvalue weighted by molar-refractivity contribution is -0.128. The standard InChI is InChI=1S/C31H36N6O6S/c38-29(21-36-27-12-5-4-11-26(27)34-35-36)37(30(28-13-7-19-43-28)31(39)33-22-8-2-1-3-9-22)23-14-16-25(17-15-23)44(40,41)32-20-24-10-6-18-42-24/h4-5,7,11-17,19,22,24,30,32H,1-3,6,8-10,18,20-21H2,(H,33,39). The fourth-order valence-electron chi connectivity index (χ4n) is 5.90. The molecule has 3 heterocycles. The highest BCUT2D eigenvalue weighted by atomic mass is 32.2. The van der Waals surface area contributed by atoms with Gasteiger partial charge in [-0.1, -0.05) is 36.6 Å². The van der Waals surface area contributed by atoms with Crippen molar-refractivity contribution in [3.63, 3.8) is 0 Å². The molecule has 2 fully saturated rings. The summed E-state index contributed by atoms with van der Waals surface area (Å²) < 4.78 is 41.4. The van der Waals surface area contributed by atoms with Gasteiger partial charge in [-0.2, -0.15) is 0 Å². The molecule has 44 heavy (non-hydrogen) atoms. The summed E-state index contributed by atoms with van der Waals surface area (Å²) in [6.45, 7) is 0.598. The number of carbonyl (C=O) groups excluding carboxylic acids is 2. The van der Waals surface area contributed by atoms with E-state index in [0.717, 1.165) is 44.9 Å². The fraction of sp³-hybridized carbons (Fsp3) is 0.419. The third kappa shape index (κ3) is 6.69. The Morgan fingerprint density at radius 2 is 1.77 bits per heavy atom. The molecule has 1 saturated heterocycles. The number of ether oxygens (including phenoxy) is 1. The quantitative estimate of drug-likeness (QED) is 0.258. The van der Waals surface area contributed by atoms with Crippen molar-refractivity contribution in [2.75, 3.05) is 18.1 Å². The van der Waals surface area contributed by atoms with Crippen LogP contribution in [-0.2, 0) is 30.9 Å². The van der Waals surface area contributed by atoms with Crippen molar-refractivity contribution in [1.29, 1.82) is 0 Å². The second kappa shape index (κ2) is 13.3. The predicted octanol–water partition coefficient (Wildman–Crippen LogP) is 3.71. The zero-order chi connectivity index (χ0) is 30.5. The maximum atomic E-state index is 14.2. The SMILES string of the molecule is O=C(NC1CCCCC1)C(c1ccco1)N(C(=O)Cn1nnc2ccccc21)c1ccc(S(=O)(=O)NCC2CCCO2)cc1. The van der Waals surface area contributed by atoms with E-state index in [2.05, 4.69) is 20.4 Å². The number of aromatic nitrogens is 3. The number of hydrogen-bond donors (Lipinski definition) is 2. The maximum Gasteiger partial charge on any atom is 0.251 e. The van der Waals surface area contributed by atoms with E-state index in [4.69, 9.17) is 9.15 Å². The van der Waals surface area contributed by atoms with Gasteiger partial charge in [0.05, 0.1) is 22.8 Å². The molecule has 2 amide bonds. The van der Waals surface area contributed by atoms with Crippen LogP contribution in [0.15, 0.2) is 76.2 Å². The Bertz CT molecular complexity index is 1680. The Morgan fingerprint density at radius 3 is 2.50 bits per heavy atom. The monoisotopic (exact) mass is 620 g/mol. The molecule has 0 bridgehead atoms. The Kier molecular flexibility index (Phi) is 9.05. The Morgan fingerprint density at radius 1 is 0.977 bits per heavy atom. The number of hydrogen-bond acceptors (Lipinski definition) is 8. The van der Waals surface area contributed by atoms with Crippen molar-refractivity contribution < 1.29 is 27.2 Å². The number of furan rings is 1. The highest BCUT2D eigenvalue weighted by Gasteiger charge is 2.36. The molecule has 232 valence electrons. The van der Waals surface area contributed by atoms with Gasteiger partial charge in [-0.25, -0.2) is 17.8 Å². The summed E-state index contributed by atoms with van der Waals surface area (Å²) in [7, 11) is -3.83. The summed E-state index contributed by atoms with van der Waals surface area (Å²) in [6, 6.07) is 15.4. The first-order valence-corrected chi connectivity index (χ1v) is 16.5. The van der Waals surface area contributed by atoms with Crippen LogP contribution < -0.4 is 14.9 Å². The van der Waals surface area contributed by atoms with Crippen LogP contribution in [0, 0.1) is 0 Å². The van der Waals surface area contributed by atoms with Crippen molar-refractivity contribution in [3.8, 4) is 0 Å². The number of nitrogens with one attached hydrogen (secondary N) is 2. The molecule has 1 saturated carbocycles. The third-order valence-electron chi connectivity index (χ3n) is 8.19. The molecule has 0 radical (unpaired) electrons. The Labute approximate surface area is 255 Å². The number of rotatable bonds is 11. The van der Waals surface area contributed by atoms with E-state index in [0.29, 0.717) is 23.3 Å². The molecule has 2 N–H and O–H groups in total. The largest absolute Gasteiger partial charge is 0.467 e. The normalized spacial score (nSPS) is 18.3. The minimum atomic E-state index is -3.83. The van der Waals surface area contributed by atoms with Crippen molar-refractivity contribution in [1.82, 2.24) is 25.0 Å². The first-order valence-electron chi connectivity index (χ1n) is 15.0. The molecule has 0 spiro atoms. The number of benzene rings is 2. The lowest BCUT2D eigenvalue weighted by Gasteiger charge is -2.32. The fourth-order valence-corrected chi connectivity index (χ4v) is 6.97. The van der Waals surface area contributed by atoms with Crippen LogP contribution in [0.3, 0.4) is 0 Å². The van der Waals surface area contributed by atoms with Gasteiger partial charge >= 0.3 is 0 Å². The van der Waals surface area contributed by atoms with Gasteiger partial charge in [-0.3, -0.25) is 14.5 Å². The Balaban J connectivity index is 1.33. The molecule has 13 heteroatoms. The van der Waals surface area contributed by atoms with Gasteiger partial charge in [0.15, 0.2) is 6.04 Å². The first kappa shape index (κ1) is 30.0. The lowest BCUT2D eigenvalue weighted by atomic mass is 9.95. The molecule has 2 aromatic heterocycles. The molecule has 1 aliphatic carbocycles. The predicted molar refractivity (Wildman–Crippen MR) is 162 cm³/mol. The number of nitrogens with zero attached hydrogens (tertiary/aromatic N) is 4. The van der Waals surface area contributed by atoms with E-state index in [1.54, 1.807) is 18.2 Å². The average molecular weight is 621 g/mol. The van der Waals surface area contributed by atoms with Crippen LogP contribution in [0.1, 0.15) is 56.7 Å². The number of anilines is 1. The zero-order valence-electron chi connectivity index (χ0n) is 24.3. The topological polar surface area (TPSA) is 149 Å². The number of carbonyl (C=O) groups is 2. The van der Waals surface area contributed by atoms with Gasteiger partial charge in [-0.05, 0) is 74.2 Å². The van der Waals surface area contributed by atoms with Crippen LogP contribution in [-0.4, -0.2) is 60.5 Å². The van der Waals surface area contributed by atoms with Crippen molar-refractivity contribution >= 4 is 38.6 Å². The van der Waals surface area contributed by atoms with Crippen LogP contribution in [0.4, 0.5) is 5.69 Å². The van der Waals surface area contributed by atoms with E-state index in [9.17, 15) is 18.0 Å². The third-order valence-corrected chi connectivity index (χ3v) is 9.63. The molecule has 2 aliphatic rings. The molecule has 2 unspecified atom stereocenters. The van der Waals surface area contributed by atoms with Gasteiger partial charge in [0.25, 0.3) is 5.91 Å². The molecular weight excluding hydrogens is 584 g/mol. The summed E-state index contributed by atoms with van der Waals surface area (Å²) in [5.41, 5.74) is 1.63. The summed E-state index contributed by atoms with van der Waals surface area (Å²) in [6.07, 6.45) is 7.91. The van der Waals surface area contributed by atoms with Crippen LogP contribution in [0.2, 0.25) is 0 Å². The van der Waals surface area contributed by atoms with E-state index >= 15 is 0 Å². The zero-order valence-corrected chi connectivity index (χ0v) is 25.1. The Hall–Kier alpha value is -4.07. The lowest BCUT2D eigenvalue weighted by Crippen LogP contribution is -2.48. The molecule has 1 aliphatic heterocycles. The minimum Gasteiger partial charge on any atom is -0.467 e. The average Bonchev–Trinajstić information content (AvgIpc) is 3.83. The molecular formula is C31H36N6O6S. The molecule has 6 rings (SSSR count). The van der Waals surface area contributed by atoms with E-state index < -0.39 is 22.0 Å². The number of sulfonamides is 1. The van der Waals surface area contributed by atoms with Crippen molar-refractivity contribution in [2.24, 2.45) is 0 Å². The summed E-state index contributed by atoms with van der Waals surface area (Å²) in [5.74, 6) is -0.545. The maximum absolute atomic E-state index is 14.2. The summed E-state index contributed by atoms with van der Waals surface area (Å²) >= 11 is 0. The second-order valence-electron chi connectivity index (χ2n) is 11.2. The van der Waals surface area contributed by atoms with E-state index in [1.165, 1.54) is 40.1 Å². The highest BCUT2D eigenvalue weighted by molar-refractivity contribution is 7.89. The van der Waals surface area contributed by atoms with Gasteiger partial charge in [0.1, 0.15) is 17.8 Å². The van der Waals surface area contributed by atoms with Crippen LogP contribution in [0.5, 0.6) is 0 Å².